The molecule has 2 amide bonds. The van der Waals surface area contributed by atoms with Crippen molar-refractivity contribution in [1.29, 1.82) is 0 Å². The van der Waals surface area contributed by atoms with E-state index in [9.17, 15) is 44.7 Å². The maximum Gasteiger partial charge on any atom is 0.416 e. The normalized spacial score (nSPS) is 22.9. The third-order valence-corrected chi connectivity index (χ3v) is 9.84. The number of carbonyl (C=O) groups is 2. The first-order chi connectivity index (χ1) is 23.2. The van der Waals surface area contributed by atoms with Crippen LogP contribution in [0.25, 0.3) is 0 Å². The first kappa shape index (κ1) is 34.9. The van der Waals surface area contributed by atoms with Crippen LogP contribution in [0.15, 0.2) is 59.4 Å². The summed E-state index contributed by atoms with van der Waals surface area (Å²) in [5.41, 5.74) is -3.09. The number of piperazine rings is 1. The van der Waals surface area contributed by atoms with Crippen LogP contribution in [0.1, 0.15) is 56.7 Å². The van der Waals surface area contributed by atoms with Crippen molar-refractivity contribution in [3.8, 4) is 0 Å². The number of likely N-dealkylation sites (tertiary alicyclic amines) is 2. The minimum atomic E-state index is -5.12. The molecular formula is C34H34F8N4O3. The zero-order valence-corrected chi connectivity index (χ0v) is 26.2. The molecule has 0 N–H and O–H groups in total. The van der Waals surface area contributed by atoms with Gasteiger partial charge in [-0.05, 0) is 67.6 Å². The number of hydrogen-bond acceptors (Lipinski definition) is 5. The van der Waals surface area contributed by atoms with Gasteiger partial charge in [0.1, 0.15) is 6.26 Å². The Labute approximate surface area is 277 Å². The highest BCUT2D eigenvalue weighted by Crippen LogP contribution is 2.37. The molecule has 3 fully saturated rings. The lowest BCUT2D eigenvalue weighted by Crippen LogP contribution is -2.58. The van der Waals surface area contributed by atoms with Gasteiger partial charge in [-0.15, -0.1) is 0 Å². The Bertz CT molecular complexity index is 1620. The average molecular weight is 699 g/mol. The molecule has 0 spiro atoms. The van der Waals surface area contributed by atoms with Crippen LogP contribution >= 0.6 is 0 Å². The van der Waals surface area contributed by atoms with E-state index in [0.29, 0.717) is 62.3 Å². The monoisotopic (exact) mass is 698 g/mol. The van der Waals surface area contributed by atoms with E-state index in [2.05, 4.69) is 9.80 Å². The molecule has 15 heteroatoms. The molecule has 3 aliphatic rings. The molecule has 6 rings (SSSR count). The number of halogens is 8. The second-order valence-corrected chi connectivity index (χ2v) is 12.9. The average Bonchev–Trinajstić information content (AvgIpc) is 3.79. The summed E-state index contributed by atoms with van der Waals surface area (Å²) in [5.74, 6) is -3.26. The molecule has 7 nitrogen and oxygen atoms in total. The van der Waals surface area contributed by atoms with Crippen LogP contribution in [0.2, 0.25) is 0 Å². The second-order valence-electron chi connectivity index (χ2n) is 12.9. The Morgan fingerprint density at radius 1 is 0.714 bits per heavy atom. The number of amides is 2. The molecule has 0 unspecified atom stereocenters. The first-order valence-corrected chi connectivity index (χ1v) is 16.0. The predicted octanol–water partition coefficient (Wildman–Crippen LogP) is 6.34. The van der Waals surface area contributed by atoms with Crippen molar-refractivity contribution in [2.75, 3.05) is 45.8 Å². The van der Waals surface area contributed by atoms with Gasteiger partial charge in [0.25, 0.3) is 11.8 Å². The molecule has 49 heavy (non-hydrogen) atoms. The molecule has 1 aromatic heterocycles. The summed E-state index contributed by atoms with van der Waals surface area (Å²) >= 11 is 0. The van der Waals surface area contributed by atoms with Gasteiger partial charge in [-0.3, -0.25) is 19.4 Å². The Hall–Kier alpha value is -3.98. The van der Waals surface area contributed by atoms with Crippen LogP contribution < -0.4 is 0 Å². The van der Waals surface area contributed by atoms with E-state index >= 15 is 0 Å². The van der Waals surface area contributed by atoms with Crippen LogP contribution in [0, 0.1) is 11.6 Å². The van der Waals surface area contributed by atoms with E-state index in [1.165, 1.54) is 23.5 Å². The van der Waals surface area contributed by atoms with Crippen LogP contribution in [0.3, 0.4) is 0 Å². The molecule has 4 heterocycles. The van der Waals surface area contributed by atoms with Crippen molar-refractivity contribution in [1.82, 2.24) is 19.6 Å². The number of carbonyl (C=O) groups excluding carboxylic acids is 2. The second kappa shape index (κ2) is 13.7. The summed E-state index contributed by atoms with van der Waals surface area (Å²) in [7, 11) is 0. The molecule has 2 aromatic carbocycles. The zero-order chi connectivity index (χ0) is 35.1. The van der Waals surface area contributed by atoms with Crippen LogP contribution in [0.4, 0.5) is 35.1 Å². The number of rotatable bonds is 6. The first-order valence-electron chi connectivity index (χ1n) is 16.0. The van der Waals surface area contributed by atoms with Gasteiger partial charge in [0.05, 0.1) is 23.0 Å². The third kappa shape index (κ3) is 7.77. The summed E-state index contributed by atoms with van der Waals surface area (Å²) in [4.78, 5) is 34.1. The van der Waals surface area contributed by atoms with Crippen molar-refractivity contribution < 1.29 is 49.1 Å². The van der Waals surface area contributed by atoms with Crippen LogP contribution in [-0.4, -0.2) is 95.4 Å². The fraction of sp³-hybridized carbons (Fsp3) is 0.471. The highest BCUT2D eigenvalue weighted by Gasteiger charge is 2.41. The number of alkyl halides is 6. The summed E-state index contributed by atoms with van der Waals surface area (Å²) in [5, 5.41) is 0. The molecule has 0 saturated carbocycles. The maximum atomic E-state index is 14.1. The highest BCUT2D eigenvalue weighted by molar-refractivity contribution is 5.95. The highest BCUT2D eigenvalue weighted by atomic mass is 19.4. The lowest BCUT2D eigenvalue weighted by Gasteiger charge is -2.47. The molecule has 0 aliphatic carbocycles. The van der Waals surface area contributed by atoms with Crippen LogP contribution in [-0.2, 0) is 18.8 Å². The summed E-state index contributed by atoms with van der Waals surface area (Å²) in [6.45, 7) is 4.04. The summed E-state index contributed by atoms with van der Waals surface area (Å²) in [6, 6.07) is 5.11. The van der Waals surface area contributed by atoms with E-state index in [0.717, 1.165) is 31.6 Å². The van der Waals surface area contributed by atoms with Crippen molar-refractivity contribution in [2.24, 2.45) is 0 Å². The number of furan rings is 1. The van der Waals surface area contributed by atoms with Crippen molar-refractivity contribution >= 4 is 11.8 Å². The molecule has 3 saturated heterocycles. The van der Waals surface area contributed by atoms with Gasteiger partial charge < -0.3 is 14.2 Å². The molecule has 3 aliphatic heterocycles. The lowest BCUT2D eigenvalue weighted by molar-refractivity contribution is -0.143. The molecular weight excluding hydrogens is 664 g/mol. The topological polar surface area (TPSA) is 60.2 Å². The minimum absolute atomic E-state index is 0.0209. The van der Waals surface area contributed by atoms with E-state index in [1.807, 2.05) is 0 Å². The standard InChI is InChI=1S/C34H34F8N4O3/c35-29-2-1-21(14-30(29)36)13-28-18-26(4-7-46(28)32(48)23-15-24(33(37,38)39)17-25(16-23)34(40,41)42)43-8-10-44(11-9-43)27-3-6-45(19-27)31(47)22-5-12-49-20-22/h1-2,5,12,14-17,20,26-28H,3-4,6-11,13,18-19H2/t26-,27-,28+/m0/s1. The molecule has 0 radical (unpaired) electrons. The third-order valence-electron chi connectivity index (χ3n) is 9.84. The molecule has 3 atom stereocenters. The molecule has 0 bridgehead atoms. The fourth-order valence-electron chi connectivity index (χ4n) is 7.27. The van der Waals surface area contributed by atoms with Gasteiger partial charge in [0, 0.05) is 69.5 Å². The Morgan fingerprint density at radius 3 is 1.94 bits per heavy atom. The lowest BCUT2D eigenvalue weighted by atomic mass is 9.90. The molecule has 3 aromatic rings. The summed E-state index contributed by atoms with van der Waals surface area (Å²) in [6.07, 6.45) is -5.78. The van der Waals surface area contributed by atoms with Crippen molar-refractivity contribution in [2.45, 2.75) is 56.2 Å². The summed E-state index contributed by atoms with van der Waals surface area (Å²) < 4.78 is 114. The predicted molar refractivity (Wildman–Crippen MR) is 161 cm³/mol. The maximum absolute atomic E-state index is 14.1. The van der Waals surface area contributed by atoms with Gasteiger partial charge in [-0.2, -0.15) is 26.3 Å². The molecule has 264 valence electrons. The number of hydrogen-bond donors (Lipinski definition) is 0. The van der Waals surface area contributed by atoms with Gasteiger partial charge >= 0.3 is 12.4 Å². The van der Waals surface area contributed by atoms with Gasteiger partial charge in [0.2, 0.25) is 0 Å². The Kier molecular flexibility index (Phi) is 9.77. The van der Waals surface area contributed by atoms with Crippen molar-refractivity contribution in [3.63, 3.8) is 0 Å². The van der Waals surface area contributed by atoms with E-state index < -0.39 is 52.6 Å². The minimum Gasteiger partial charge on any atom is -0.472 e. The number of nitrogens with zero attached hydrogens (tertiary/aromatic N) is 4. The van der Waals surface area contributed by atoms with Crippen LogP contribution in [0.5, 0.6) is 0 Å². The quantitative estimate of drug-likeness (QED) is 0.282. The Balaban J connectivity index is 1.16. The van der Waals surface area contributed by atoms with Gasteiger partial charge in [-0.1, -0.05) is 6.07 Å². The fourth-order valence-corrected chi connectivity index (χ4v) is 7.27. The smallest absolute Gasteiger partial charge is 0.416 e. The largest absolute Gasteiger partial charge is 0.472 e. The number of benzene rings is 2. The zero-order valence-electron chi connectivity index (χ0n) is 26.2. The van der Waals surface area contributed by atoms with Crippen molar-refractivity contribution in [3.05, 3.63) is 94.4 Å². The van der Waals surface area contributed by atoms with Gasteiger partial charge in [-0.25, -0.2) is 8.78 Å². The van der Waals surface area contributed by atoms with E-state index in [1.54, 1.807) is 11.0 Å². The SMILES string of the molecule is O=C(c1ccoc1)N1CC[C@H](N2CCN([C@H]3CCN(C(=O)c4cc(C(F)(F)F)cc(C(F)(F)F)c4)[C@H](Cc4ccc(F)c(F)c4)C3)CC2)C1. The number of piperidine rings is 1. The Morgan fingerprint density at radius 2 is 1.35 bits per heavy atom. The van der Waals surface area contributed by atoms with E-state index in [-0.39, 0.29) is 37.0 Å². The van der Waals surface area contributed by atoms with E-state index in [4.69, 9.17) is 4.42 Å². The van der Waals surface area contributed by atoms with Gasteiger partial charge in [0.15, 0.2) is 11.6 Å².